The van der Waals surface area contributed by atoms with E-state index in [2.05, 4.69) is 10.1 Å². The smallest absolute Gasteiger partial charge is 0.411 e. The van der Waals surface area contributed by atoms with Gasteiger partial charge in [-0.15, -0.1) is 0 Å². The first-order valence-electron chi connectivity index (χ1n) is 7.06. The highest BCUT2D eigenvalue weighted by Gasteiger charge is 2.27. The number of carbonyl (C=O) groups is 1. The minimum Gasteiger partial charge on any atom is -0.497 e. The number of halogens is 3. The quantitative estimate of drug-likeness (QED) is 0.864. The number of carbonyl (C=O) groups excluding carboxylic acids is 1. The summed E-state index contributed by atoms with van der Waals surface area (Å²) in [6, 6.07) is 13.0. The summed E-state index contributed by atoms with van der Waals surface area (Å²) in [5.74, 6) is 0.355. The Labute approximate surface area is 137 Å². The van der Waals surface area contributed by atoms with Crippen LogP contribution in [-0.2, 0) is 11.3 Å². The van der Waals surface area contributed by atoms with E-state index in [1.165, 1.54) is 7.11 Å². The highest BCUT2D eigenvalue weighted by atomic mass is 19.4. The van der Waals surface area contributed by atoms with Gasteiger partial charge in [-0.1, -0.05) is 12.1 Å². The second-order valence-corrected chi connectivity index (χ2v) is 4.99. The molecule has 128 valence electrons. The molecule has 0 heterocycles. The van der Waals surface area contributed by atoms with Crippen LogP contribution in [0.25, 0.3) is 0 Å². The molecule has 2 aromatic carbocycles. The van der Waals surface area contributed by atoms with Crippen molar-refractivity contribution < 1.29 is 27.4 Å². The topological polar surface area (TPSA) is 47.6 Å². The Hall–Kier alpha value is -2.54. The third-order valence-electron chi connectivity index (χ3n) is 3.10. The van der Waals surface area contributed by atoms with E-state index in [1.807, 2.05) is 0 Å². The molecule has 24 heavy (non-hydrogen) atoms. The number of benzene rings is 2. The number of anilines is 1. The van der Waals surface area contributed by atoms with Gasteiger partial charge >= 0.3 is 6.18 Å². The van der Waals surface area contributed by atoms with Crippen LogP contribution in [0.1, 0.15) is 15.9 Å². The van der Waals surface area contributed by atoms with E-state index in [0.717, 1.165) is 0 Å². The number of ether oxygens (including phenoxy) is 2. The van der Waals surface area contributed by atoms with Gasteiger partial charge in [0, 0.05) is 11.3 Å². The van der Waals surface area contributed by atoms with Crippen LogP contribution in [-0.4, -0.2) is 25.8 Å². The number of alkyl halides is 3. The molecule has 0 radical (unpaired) electrons. The molecule has 0 saturated heterocycles. The summed E-state index contributed by atoms with van der Waals surface area (Å²) in [4.78, 5) is 12.1. The van der Waals surface area contributed by atoms with Crippen molar-refractivity contribution >= 4 is 11.6 Å². The van der Waals surface area contributed by atoms with Gasteiger partial charge in [0.2, 0.25) is 0 Å². The second kappa shape index (κ2) is 7.83. The van der Waals surface area contributed by atoms with Gasteiger partial charge in [-0.3, -0.25) is 4.79 Å². The van der Waals surface area contributed by atoms with Crippen molar-refractivity contribution in [3.05, 3.63) is 59.7 Å². The molecule has 1 amide bonds. The van der Waals surface area contributed by atoms with Crippen LogP contribution >= 0.6 is 0 Å². The van der Waals surface area contributed by atoms with E-state index in [9.17, 15) is 18.0 Å². The number of methoxy groups -OCH3 is 1. The highest BCUT2D eigenvalue weighted by molar-refractivity contribution is 6.04. The zero-order valence-corrected chi connectivity index (χ0v) is 12.9. The van der Waals surface area contributed by atoms with Crippen LogP contribution in [0.3, 0.4) is 0 Å². The lowest BCUT2D eigenvalue weighted by Crippen LogP contribution is -2.16. The summed E-state index contributed by atoms with van der Waals surface area (Å²) >= 11 is 0. The number of hydrogen-bond acceptors (Lipinski definition) is 3. The van der Waals surface area contributed by atoms with Crippen LogP contribution in [0.5, 0.6) is 5.75 Å². The summed E-state index contributed by atoms with van der Waals surface area (Å²) in [7, 11) is 1.54. The molecule has 0 aliphatic carbocycles. The Morgan fingerprint density at radius 3 is 2.21 bits per heavy atom. The maximum absolute atomic E-state index is 12.1. The van der Waals surface area contributed by atoms with E-state index < -0.39 is 12.8 Å². The van der Waals surface area contributed by atoms with E-state index in [4.69, 9.17) is 4.74 Å². The van der Waals surface area contributed by atoms with Gasteiger partial charge in [-0.25, -0.2) is 0 Å². The Kier molecular flexibility index (Phi) is 5.81. The van der Waals surface area contributed by atoms with E-state index in [-0.39, 0.29) is 12.5 Å². The molecule has 0 atom stereocenters. The molecule has 0 unspecified atom stereocenters. The van der Waals surface area contributed by atoms with Crippen molar-refractivity contribution in [1.82, 2.24) is 0 Å². The summed E-state index contributed by atoms with van der Waals surface area (Å²) in [6.45, 7) is -1.44. The monoisotopic (exact) mass is 339 g/mol. The van der Waals surface area contributed by atoms with E-state index in [0.29, 0.717) is 22.6 Å². The first-order valence-corrected chi connectivity index (χ1v) is 7.06. The van der Waals surface area contributed by atoms with Gasteiger partial charge < -0.3 is 14.8 Å². The lowest BCUT2D eigenvalue weighted by Gasteiger charge is -2.09. The zero-order chi connectivity index (χ0) is 17.6. The van der Waals surface area contributed by atoms with Gasteiger partial charge in [0.15, 0.2) is 0 Å². The molecule has 0 aromatic heterocycles. The van der Waals surface area contributed by atoms with Gasteiger partial charge in [-0.2, -0.15) is 13.2 Å². The molecule has 7 heteroatoms. The Morgan fingerprint density at radius 1 is 1.04 bits per heavy atom. The summed E-state index contributed by atoms with van der Waals surface area (Å²) in [5.41, 5.74) is 1.59. The fourth-order valence-corrected chi connectivity index (χ4v) is 1.91. The molecule has 4 nitrogen and oxygen atoms in total. The molecule has 0 spiro atoms. The SMILES string of the molecule is COc1ccc(C(=O)Nc2ccc(COCC(F)(F)F)cc2)cc1. The molecular formula is C17H16F3NO3. The molecule has 0 fully saturated rings. The highest BCUT2D eigenvalue weighted by Crippen LogP contribution is 2.17. The Morgan fingerprint density at radius 2 is 1.67 bits per heavy atom. The molecule has 0 saturated carbocycles. The van der Waals surface area contributed by atoms with Gasteiger partial charge in [0.05, 0.1) is 13.7 Å². The van der Waals surface area contributed by atoms with Crippen LogP contribution in [0, 0.1) is 0 Å². The van der Waals surface area contributed by atoms with E-state index in [1.54, 1.807) is 48.5 Å². The normalized spacial score (nSPS) is 11.2. The average molecular weight is 339 g/mol. The lowest BCUT2D eigenvalue weighted by atomic mass is 10.2. The molecule has 0 aliphatic heterocycles. The van der Waals surface area contributed by atoms with Crippen LogP contribution in [0.2, 0.25) is 0 Å². The first-order chi connectivity index (χ1) is 11.4. The minimum atomic E-state index is -4.34. The average Bonchev–Trinajstić information content (AvgIpc) is 2.55. The predicted octanol–water partition coefficient (Wildman–Crippen LogP) is 4.03. The van der Waals surface area contributed by atoms with Crippen LogP contribution < -0.4 is 10.1 Å². The Balaban J connectivity index is 1.89. The van der Waals surface area contributed by atoms with Gasteiger partial charge in [0.25, 0.3) is 5.91 Å². The number of hydrogen-bond donors (Lipinski definition) is 1. The van der Waals surface area contributed by atoms with Crippen molar-refractivity contribution in [1.29, 1.82) is 0 Å². The first kappa shape index (κ1) is 17.8. The third kappa shape index (κ3) is 5.58. The third-order valence-corrected chi connectivity index (χ3v) is 3.10. The van der Waals surface area contributed by atoms with Crippen molar-refractivity contribution in [3.63, 3.8) is 0 Å². The molecule has 0 aliphatic rings. The maximum atomic E-state index is 12.1. The molecule has 1 N–H and O–H groups in total. The van der Waals surface area contributed by atoms with Crippen LogP contribution in [0.15, 0.2) is 48.5 Å². The molecular weight excluding hydrogens is 323 g/mol. The Bertz CT molecular complexity index is 667. The lowest BCUT2D eigenvalue weighted by molar-refractivity contribution is -0.176. The number of nitrogens with one attached hydrogen (secondary N) is 1. The molecule has 2 aromatic rings. The molecule has 2 rings (SSSR count). The van der Waals surface area contributed by atoms with Gasteiger partial charge in [0.1, 0.15) is 12.4 Å². The standard InChI is InChI=1S/C17H16F3NO3/c1-23-15-8-4-13(5-9-15)16(22)21-14-6-2-12(3-7-14)10-24-11-17(18,19)20/h2-9H,10-11H2,1H3,(H,21,22). The van der Waals surface area contributed by atoms with E-state index >= 15 is 0 Å². The number of rotatable bonds is 6. The van der Waals surface area contributed by atoms with Crippen molar-refractivity contribution in [2.45, 2.75) is 12.8 Å². The van der Waals surface area contributed by atoms with Gasteiger partial charge in [-0.05, 0) is 42.0 Å². The van der Waals surface area contributed by atoms with Crippen molar-refractivity contribution in [2.24, 2.45) is 0 Å². The van der Waals surface area contributed by atoms with Crippen molar-refractivity contribution in [2.75, 3.05) is 19.0 Å². The summed E-state index contributed by atoms with van der Waals surface area (Å²) in [6.07, 6.45) is -4.34. The summed E-state index contributed by atoms with van der Waals surface area (Å²) in [5, 5.41) is 2.70. The van der Waals surface area contributed by atoms with Crippen molar-refractivity contribution in [3.8, 4) is 5.75 Å². The second-order valence-electron chi connectivity index (χ2n) is 4.99. The number of amides is 1. The fourth-order valence-electron chi connectivity index (χ4n) is 1.91. The molecule has 0 bridgehead atoms. The maximum Gasteiger partial charge on any atom is 0.411 e. The largest absolute Gasteiger partial charge is 0.497 e. The predicted molar refractivity (Wildman–Crippen MR) is 83.1 cm³/mol. The summed E-state index contributed by atoms with van der Waals surface area (Å²) < 4.78 is 45.6. The van der Waals surface area contributed by atoms with Crippen LogP contribution in [0.4, 0.5) is 18.9 Å². The minimum absolute atomic E-state index is 0.147. The fraction of sp³-hybridized carbons (Fsp3) is 0.235. The zero-order valence-electron chi connectivity index (χ0n) is 12.9.